The van der Waals surface area contributed by atoms with Crippen LogP contribution in [0.15, 0.2) is 11.8 Å². The predicted molar refractivity (Wildman–Crippen MR) is 94.3 cm³/mol. The summed E-state index contributed by atoms with van der Waals surface area (Å²) in [6.45, 7) is 3.17. The van der Waals surface area contributed by atoms with Crippen molar-refractivity contribution in [3.8, 4) is 6.07 Å². The molecule has 1 aliphatic heterocycles. The molecule has 0 aromatic rings. The molecule has 1 heterocycles. The van der Waals surface area contributed by atoms with Gasteiger partial charge < -0.3 is 14.5 Å². The maximum Gasteiger partial charge on any atom is 0.309 e. The van der Waals surface area contributed by atoms with Crippen LogP contribution in [0.4, 0.5) is 0 Å². The molecule has 0 aromatic heterocycles. The number of esters is 1. The van der Waals surface area contributed by atoms with E-state index in [2.05, 4.69) is 6.07 Å². The summed E-state index contributed by atoms with van der Waals surface area (Å²) in [5.74, 6) is -0.543. The van der Waals surface area contributed by atoms with Gasteiger partial charge in [-0.05, 0) is 32.6 Å². The van der Waals surface area contributed by atoms with E-state index < -0.39 is 0 Å². The topological polar surface area (TPSA) is 73.6 Å². The van der Waals surface area contributed by atoms with Crippen molar-refractivity contribution in [2.24, 2.45) is 5.92 Å². The SMILES string of the molecule is CCOC(=O)C1CCN(C(=O)/C(C#N)=C\N(C)C2CCCCC2)CC1. The van der Waals surface area contributed by atoms with E-state index in [1.165, 1.54) is 19.3 Å². The van der Waals surface area contributed by atoms with Gasteiger partial charge in [-0.3, -0.25) is 9.59 Å². The number of amides is 1. The molecular weight excluding hydrogens is 318 g/mol. The Morgan fingerprint density at radius 3 is 2.40 bits per heavy atom. The van der Waals surface area contributed by atoms with Gasteiger partial charge in [0.25, 0.3) is 5.91 Å². The van der Waals surface area contributed by atoms with Gasteiger partial charge in [0.05, 0.1) is 12.5 Å². The second-order valence-corrected chi connectivity index (χ2v) is 6.93. The molecule has 0 atom stereocenters. The smallest absolute Gasteiger partial charge is 0.309 e. The highest BCUT2D eigenvalue weighted by atomic mass is 16.5. The van der Waals surface area contributed by atoms with Crippen molar-refractivity contribution in [2.75, 3.05) is 26.7 Å². The maximum absolute atomic E-state index is 12.6. The van der Waals surface area contributed by atoms with Crippen LogP contribution in [0.25, 0.3) is 0 Å². The summed E-state index contributed by atoms with van der Waals surface area (Å²) in [4.78, 5) is 28.1. The lowest BCUT2D eigenvalue weighted by Crippen LogP contribution is -2.41. The highest BCUT2D eigenvalue weighted by Gasteiger charge is 2.29. The Morgan fingerprint density at radius 2 is 1.84 bits per heavy atom. The molecule has 25 heavy (non-hydrogen) atoms. The van der Waals surface area contributed by atoms with Gasteiger partial charge in [0.15, 0.2) is 0 Å². The number of nitriles is 1. The Balaban J connectivity index is 1.92. The first-order valence-corrected chi connectivity index (χ1v) is 9.36. The van der Waals surface area contributed by atoms with Gasteiger partial charge in [-0.15, -0.1) is 0 Å². The van der Waals surface area contributed by atoms with Gasteiger partial charge in [-0.25, -0.2) is 0 Å². The fraction of sp³-hybridized carbons (Fsp3) is 0.737. The standard InChI is InChI=1S/C19H29N3O3/c1-3-25-19(24)15-9-11-22(12-10-15)18(23)16(13-20)14-21(2)17-7-5-4-6-8-17/h14-15,17H,3-12H2,1-2H3/b16-14-. The van der Waals surface area contributed by atoms with Crippen molar-refractivity contribution < 1.29 is 14.3 Å². The highest BCUT2D eigenvalue weighted by molar-refractivity contribution is 5.97. The average molecular weight is 347 g/mol. The molecule has 1 amide bonds. The molecule has 6 heteroatoms. The number of carbonyl (C=O) groups is 2. The first kappa shape index (κ1) is 19.3. The Bertz CT molecular complexity index is 539. The van der Waals surface area contributed by atoms with Crippen LogP contribution in [0.1, 0.15) is 51.9 Å². The largest absolute Gasteiger partial charge is 0.466 e. The van der Waals surface area contributed by atoms with Gasteiger partial charge in [-0.1, -0.05) is 19.3 Å². The molecule has 0 bridgehead atoms. The zero-order valence-corrected chi connectivity index (χ0v) is 15.4. The van der Waals surface area contributed by atoms with E-state index in [1.54, 1.807) is 18.0 Å². The first-order chi connectivity index (χ1) is 12.1. The lowest BCUT2D eigenvalue weighted by atomic mass is 9.94. The molecule has 1 saturated heterocycles. The minimum Gasteiger partial charge on any atom is -0.466 e. The lowest BCUT2D eigenvalue weighted by Gasteiger charge is -2.32. The lowest BCUT2D eigenvalue weighted by molar-refractivity contribution is -0.150. The molecule has 6 nitrogen and oxygen atoms in total. The Kier molecular flexibility index (Phi) is 7.30. The molecule has 0 spiro atoms. The maximum atomic E-state index is 12.6. The normalized spacial score (nSPS) is 20.0. The Hall–Kier alpha value is -2.03. The van der Waals surface area contributed by atoms with Crippen LogP contribution in [-0.4, -0.2) is 54.5 Å². The number of rotatable bonds is 5. The summed E-state index contributed by atoms with van der Waals surface area (Å²) >= 11 is 0. The van der Waals surface area contributed by atoms with E-state index in [0.717, 1.165) is 12.8 Å². The van der Waals surface area contributed by atoms with Crippen LogP contribution in [0.2, 0.25) is 0 Å². The van der Waals surface area contributed by atoms with Gasteiger partial charge in [0.2, 0.25) is 0 Å². The van der Waals surface area contributed by atoms with Crippen molar-refractivity contribution >= 4 is 11.9 Å². The molecular formula is C19H29N3O3. The second kappa shape index (κ2) is 9.45. The molecule has 0 unspecified atom stereocenters. The fourth-order valence-corrected chi connectivity index (χ4v) is 3.68. The third-order valence-electron chi connectivity index (χ3n) is 5.24. The summed E-state index contributed by atoms with van der Waals surface area (Å²) in [5, 5.41) is 9.42. The van der Waals surface area contributed by atoms with Crippen LogP contribution in [0, 0.1) is 17.2 Å². The van der Waals surface area contributed by atoms with E-state index in [4.69, 9.17) is 4.74 Å². The summed E-state index contributed by atoms with van der Waals surface area (Å²) in [6.07, 6.45) is 8.82. The van der Waals surface area contributed by atoms with Crippen LogP contribution in [-0.2, 0) is 14.3 Å². The molecule has 2 fully saturated rings. The molecule has 1 saturated carbocycles. The minimum atomic E-state index is -0.229. The van der Waals surface area contributed by atoms with Crippen LogP contribution >= 0.6 is 0 Å². The number of carbonyl (C=O) groups excluding carboxylic acids is 2. The third kappa shape index (κ3) is 5.22. The number of hydrogen-bond acceptors (Lipinski definition) is 5. The van der Waals surface area contributed by atoms with Crippen molar-refractivity contribution in [3.05, 3.63) is 11.8 Å². The number of likely N-dealkylation sites (tertiary alicyclic amines) is 1. The molecule has 2 rings (SSSR count). The second-order valence-electron chi connectivity index (χ2n) is 6.93. The van der Waals surface area contributed by atoms with Crippen LogP contribution in [0.3, 0.4) is 0 Å². The summed E-state index contributed by atoms with van der Waals surface area (Å²) < 4.78 is 5.05. The molecule has 0 radical (unpaired) electrons. The van der Waals surface area contributed by atoms with Gasteiger partial charge in [-0.2, -0.15) is 5.26 Å². The van der Waals surface area contributed by atoms with Crippen molar-refractivity contribution in [2.45, 2.75) is 57.9 Å². The summed E-state index contributed by atoms with van der Waals surface area (Å²) in [5.41, 5.74) is 0.183. The van der Waals surface area contributed by atoms with E-state index in [0.29, 0.717) is 38.6 Å². The molecule has 0 N–H and O–H groups in total. The van der Waals surface area contributed by atoms with Crippen molar-refractivity contribution in [1.29, 1.82) is 5.26 Å². The first-order valence-electron chi connectivity index (χ1n) is 9.36. The van der Waals surface area contributed by atoms with E-state index in [9.17, 15) is 14.9 Å². The van der Waals surface area contributed by atoms with Gasteiger partial charge in [0, 0.05) is 32.4 Å². The summed E-state index contributed by atoms with van der Waals surface area (Å²) in [7, 11) is 1.95. The van der Waals surface area contributed by atoms with E-state index in [-0.39, 0.29) is 23.4 Å². The quantitative estimate of drug-likeness (QED) is 0.434. The number of piperidine rings is 1. The van der Waals surface area contributed by atoms with Crippen molar-refractivity contribution in [1.82, 2.24) is 9.80 Å². The Morgan fingerprint density at radius 1 is 1.20 bits per heavy atom. The number of nitrogens with zero attached hydrogens (tertiary/aromatic N) is 3. The van der Waals surface area contributed by atoms with Crippen LogP contribution < -0.4 is 0 Å². The Labute approximate surface area is 150 Å². The zero-order valence-electron chi connectivity index (χ0n) is 15.4. The molecule has 138 valence electrons. The number of hydrogen-bond donors (Lipinski definition) is 0. The van der Waals surface area contributed by atoms with Gasteiger partial charge in [0.1, 0.15) is 11.6 Å². The molecule has 0 aromatic carbocycles. The van der Waals surface area contributed by atoms with Crippen LogP contribution in [0.5, 0.6) is 0 Å². The predicted octanol–water partition coefficient (Wildman–Crippen LogP) is 2.46. The molecule has 1 aliphatic carbocycles. The monoisotopic (exact) mass is 347 g/mol. The molecule has 2 aliphatic rings. The zero-order chi connectivity index (χ0) is 18.2. The summed E-state index contributed by atoms with van der Waals surface area (Å²) in [6, 6.07) is 2.48. The number of ether oxygens (including phenoxy) is 1. The minimum absolute atomic E-state index is 0.136. The van der Waals surface area contributed by atoms with Gasteiger partial charge >= 0.3 is 5.97 Å². The highest BCUT2D eigenvalue weighted by Crippen LogP contribution is 2.23. The van der Waals surface area contributed by atoms with Crippen molar-refractivity contribution in [3.63, 3.8) is 0 Å². The third-order valence-corrected chi connectivity index (χ3v) is 5.24. The average Bonchev–Trinajstić information content (AvgIpc) is 2.66. The fourth-order valence-electron chi connectivity index (χ4n) is 3.68. The van der Waals surface area contributed by atoms with E-state index >= 15 is 0 Å². The van der Waals surface area contributed by atoms with E-state index in [1.807, 2.05) is 11.9 Å².